The number of sulfonamides is 3. The normalized spacial score (nSPS) is 12.9. The van der Waals surface area contributed by atoms with E-state index < -0.39 is 72.4 Å². The van der Waals surface area contributed by atoms with Crippen LogP contribution < -0.4 is 57.6 Å². The number of anilines is 8. The Morgan fingerprint density at radius 1 is 0.508 bits per heavy atom. The minimum Gasteiger partial charge on any atom is -0.497 e. The van der Waals surface area contributed by atoms with E-state index in [1.165, 1.54) is 111 Å². The summed E-state index contributed by atoms with van der Waals surface area (Å²) >= 11 is 11.9. The zero-order chi connectivity index (χ0) is 88.0. The number of thiazole rings is 3. The minimum absolute atomic E-state index is 0. The first-order chi connectivity index (χ1) is 58.6. The van der Waals surface area contributed by atoms with E-state index >= 15 is 0 Å². The van der Waals surface area contributed by atoms with Crippen LogP contribution in [0.4, 0.5) is 83.3 Å². The molecule has 3 aliphatic rings. The van der Waals surface area contributed by atoms with Gasteiger partial charge in [0.25, 0.3) is 30.1 Å². The Bertz CT molecular complexity index is 6130. The van der Waals surface area contributed by atoms with Gasteiger partial charge in [-0.25, -0.2) is 48.8 Å². The molecule has 0 saturated carbocycles. The van der Waals surface area contributed by atoms with Crippen molar-refractivity contribution in [1.29, 1.82) is 0 Å². The quantitative estimate of drug-likeness (QED) is 0.0332. The van der Waals surface area contributed by atoms with E-state index in [1.807, 2.05) is 39.6 Å². The van der Waals surface area contributed by atoms with Crippen molar-refractivity contribution in [1.82, 2.24) is 24.9 Å². The number of fused-ring (bicyclic) bond motifs is 3. The number of hydrogen-bond acceptors (Lipinski definition) is 24. The van der Waals surface area contributed by atoms with Gasteiger partial charge >= 0.3 is 25.6 Å². The Morgan fingerprint density at radius 2 is 0.944 bits per heavy atom. The summed E-state index contributed by atoms with van der Waals surface area (Å²) in [6.07, 6.45) is -2.57. The summed E-state index contributed by atoms with van der Waals surface area (Å²) in [5, 5.41) is 26.3. The topological polar surface area (TPSA) is 290 Å². The number of aromatic nitrogens is 5. The lowest BCUT2D eigenvalue weighted by Gasteiger charge is -2.33. The maximum absolute atomic E-state index is 13.9. The molecule has 650 valence electrons. The van der Waals surface area contributed by atoms with Crippen LogP contribution in [0.5, 0.6) is 28.7 Å². The second kappa shape index (κ2) is 41.2. The van der Waals surface area contributed by atoms with E-state index in [2.05, 4.69) is 66.8 Å². The van der Waals surface area contributed by atoms with Crippen LogP contribution in [0.15, 0.2) is 265 Å². The fourth-order valence-electron chi connectivity index (χ4n) is 12.0. The van der Waals surface area contributed by atoms with Crippen molar-refractivity contribution < 1.29 is 98.5 Å². The molecule has 0 atom stereocenters. The highest BCUT2D eigenvalue weighted by Gasteiger charge is 2.37. The average molecular weight is 2070 g/mol. The number of methoxy groups -OCH3 is 2. The van der Waals surface area contributed by atoms with Crippen LogP contribution in [-0.2, 0) is 61.7 Å². The number of nitrogens with one attached hydrogen (secondary N) is 2. The Kier molecular flexibility index (Phi) is 31.3. The maximum Gasteiger partial charge on any atom is 0.488 e. The third kappa shape index (κ3) is 23.6. The summed E-state index contributed by atoms with van der Waals surface area (Å²) in [7, 11) is -10.0. The summed E-state index contributed by atoms with van der Waals surface area (Å²) in [5.41, 5.74) is 3.72. The molecular weight excluding hydrogens is 2000 g/mol. The van der Waals surface area contributed by atoms with Crippen LogP contribution in [0.2, 0.25) is 0 Å². The second-order valence-corrected chi connectivity index (χ2v) is 36.8. The molecular formula is C81H70BBr2F9IN11O13S6. The first-order valence-corrected chi connectivity index (χ1v) is 45.6. The van der Waals surface area contributed by atoms with Crippen LogP contribution >= 0.6 is 88.5 Å². The van der Waals surface area contributed by atoms with E-state index in [0.29, 0.717) is 109 Å². The molecule has 5 aromatic heterocycles. The zero-order valence-corrected chi connectivity index (χ0v) is 74.0. The molecule has 0 spiro atoms. The summed E-state index contributed by atoms with van der Waals surface area (Å²) in [6.45, 7) is 2.56. The third-order valence-electron chi connectivity index (χ3n) is 18.0. The second-order valence-electron chi connectivity index (χ2n) is 25.9. The van der Waals surface area contributed by atoms with Gasteiger partial charge in [-0.15, -0.1) is 34.0 Å². The minimum atomic E-state index is -4.50. The first kappa shape index (κ1) is 94.3. The highest BCUT2D eigenvalue weighted by Crippen LogP contribution is 2.47. The molecule has 3 aliphatic heterocycles. The van der Waals surface area contributed by atoms with Crippen molar-refractivity contribution in [3.63, 3.8) is 0 Å². The van der Waals surface area contributed by atoms with Gasteiger partial charge in [0.1, 0.15) is 48.6 Å². The van der Waals surface area contributed by atoms with Crippen molar-refractivity contribution in [2.24, 2.45) is 0 Å². The molecule has 0 amide bonds. The lowest BCUT2D eigenvalue weighted by Crippen LogP contribution is -2.32. The number of ether oxygens (including phenoxy) is 5. The number of nitrogens with zero attached hydrogens (tertiary/aromatic N) is 9. The van der Waals surface area contributed by atoms with Crippen LogP contribution in [-0.4, -0.2) is 121 Å². The number of benzene rings is 8. The fourth-order valence-corrected chi connectivity index (χ4v) is 19.7. The van der Waals surface area contributed by atoms with Crippen molar-refractivity contribution in [2.75, 3.05) is 82.1 Å². The van der Waals surface area contributed by atoms with E-state index in [1.54, 1.807) is 132 Å². The largest absolute Gasteiger partial charge is 0.497 e. The van der Waals surface area contributed by atoms with Crippen molar-refractivity contribution in [3.8, 4) is 39.9 Å². The predicted octanol–water partition coefficient (Wildman–Crippen LogP) is 19.2. The van der Waals surface area contributed by atoms with Crippen molar-refractivity contribution >= 4 is 175 Å². The average Bonchev–Trinajstić information content (AvgIpc) is 0.846. The summed E-state index contributed by atoms with van der Waals surface area (Å²) in [5.74, 6) is 2.51. The zero-order valence-electron chi connectivity index (χ0n) is 63.7. The van der Waals surface area contributed by atoms with E-state index in [4.69, 9.17) is 33.7 Å². The van der Waals surface area contributed by atoms with Crippen LogP contribution in [0, 0.1) is 3.57 Å². The van der Waals surface area contributed by atoms with E-state index in [-0.39, 0.29) is 58.0 Å². The highest BCUT2D eigenvalue weighted by molar-refractivity contribution is 14.1. The first-order valence-electron chi connectivity index (χ1n) is 36.0. The van der Waals surface area contributed by atoms with Crippen LogP contribution in [0.1, 0.15) is 35.2 Å². The molecule has 24 nitrogen and oxygen atoms in total. The van der Waals surface area contributed by atoms with Gasteiger partial charge < -0.3 is 48.8 Å². The molecule has 4 N–H and O–H groups in total. The van der Waals surface area contributed by atoms with Gasteiger partial charge in [0.2, 0.25) is 0 Å². The SMILES string of the molecule is C.COc1ccc(CN(c2nccs2)S(=O)(=O)c2ccc3c(c2)OCCN3)cc1.COc1ccc(CN(c2nccs2)S(=O)(=O)c2ccc3c(c2)OCCN3c2ccc(C(F)(F)F)cc2Br)cc1.FC(F)(F)c1ccc(I)c(Br)c1.O=S(=O)(Nc1nccs1)c1ccc2c(c1)OCCN2c1ccc(C(F)(F)F)cc1-c1ccncc1.OB(O)c1ccncc1. The Hall–Kier alpha value is -10.4. The van der Waals surface area contributed by atoms with Gasteiger partial charge in [-0.1, -0.05) is 31.7 Å². The molecule has 0 unspecified atom stereocenters. The predicted molar refractivity (Wildman–Crippen MR) is 475 cm³/mol. The van der Waals surface area contributed by atoms with Gasteiger partial charge in [-0.2, -0.15) is 39.5 Å². The molecule has 8 heterocycles. The number of halogens is 12. The van der Waals surface area contributed by atoms with E-state index in [0.717, 1.165) is 68.1 Å². The van der Waals surface area contributed by atoms with E-state index in [9.17, 15) is 64.8 Å². The van der Waals surface area contributed by atoms with Crippen molar-refractivity contribution in [3.05, 3.63) is 282 Å². The highest BCUT2D eigenvalue weighted by atomic mass is 127. The lowest BCUT2D eigenvalue weighted by atomic mass is 9.81. The monoisotopic (exact) mass is 2060 g/mol. The Balaban J connectivity index is 0.000000162. The van der Waals surface area contributed by atoms with Gasteiger partial charge in [-0.05, 0) is 216 Å². The molecule has 0 fully saturated rings. The number of rotatable bonds is 19. The molecule has 16 rings (SSSR count). The molecule has 43 heteroatoms. The van der Waals surface area contributed by atoms with Crippen molar-refractivity contribution in [2.45, 2.75) is 53.7 Å². The summed E-state index contributed by atoms with van der Waals surface area (Å²) < 4.78 is 230. The molecule has 0 saturated heterocycles. The van der Waals surface area contributed by atoms with Gasteiger partial charge in [0.05, 0.1) is 94.5 Å². The molecule has 0 aliphatic carbocycles. The summed E-state index contributed by atoms with van der Waals surface area (Å²) in [6, 6.07) is 45.0. The molecule has 13 aromatic rings. The van der Waals surface area contributed by atoms with Gasteiger partial charge in [-0.3, -0.25) is 14.7 Å². The van der Waals surface area contributed by atoms with Crippen LogP contribution in [0.3, 0.4) is 0 Å². The van der Waals surface area contributed by atoms with Gasteiger partial charge in [0.15, 0.2) is 15.4 Å². The Labute approximate surface area is 749 Å². The molecule has 0 bridgehead atoms. The lowest BCUT2D eigenvalue weighted by molar-refractivity contribution is -0.138. The number of hydrogen-bond donors (Lipinski definition) is 4. The molecule has 124 heavy (non-hydrogen) atoms. The summed E-state index contributed by atoms with van der Waals surface area (Å²) in [4.78, 5) is 23.8. The van der Waals surface area contributed by atoms with Crippen LogP contribution in [0.25, 0.3) is 11.1 Å². The fraction of sp³-hybridized carbons (Fsp3) is 0.173. The number of pyridine rings is 2. The van der Waals surface area contributed by atoms with Gasteiger partial charge in [0, 0.05) is 108 Å². The smallest absolute Gasteiger partial charge is 0.488 e. The standard InChI is InChI=1S/C26H21BrF3N3O4S2.C23H17F3N4O3S2.C19H19N3O4S2.C7H3BrF3I.C5H6BNO2.CH4/c1-36-19-5-2-17(3-6-19)16-33(25-31-10-13-38-25)39(34,35)20-7-9-23-24(15-20)37-12-11-32(23)22-8-4-18(14-21(22)27)26(28,29)30;24-23(25,26)16-1-3-19(18(13-16)15-5-7-27-8-6-15)30-10-11-33-21-14-17(2-4-20(21)30)35(31,32)29-22-28-9-12-34-22;1-25-15-4-2-14(3-5-15)13-22(19-21-9-11-27-19)28(23,24)16-6-7-17-18(12-16)26-10-8-20-17;8-5-3-4(7(9,10)11)1-2-6(5)12;8-6(9)5-1-3-7-4-2-5;/h2-10,13-15H,11-12,16H2,1H3;1-9,12-14H,10-11H2,(H,28,29);2-7,9,11-12,20H,8,10,13H2,1H3;1-3H;1-4,8-9H;1H4. The maximum atomic E-state index is 13.9. The number of alkyl halides is 9. The molecule has 8 aromatic carbocycles. The third-order valence-corrected chi connectivity index (χ3v) is 28.4. The Morgan fingerprint density at radius 3 is 1.41 bits per heavy atom. The molecule has 0 radical (unpaired) electrons.